The Morgan fingerprint density at radius 3 is 2.57 bits per heavy atom. The normalized spacial score (nSPS) is 11.0. The molecule has 4 heteroatoms. The third kappa shape index (κ3) is 8.01. The number of unbranched alkanes of at least 4 members (excludes halogenated alkanes) is 1. The fraction of sp³-hybridized carbons (Fsp3) is 0.900. The van der Waals surface area contributed by atoms with Crippen molar-refractivity contribution in [3.63, 3.8) is 0 Å². The Morgan fingerprint density at radius 2 is 2.07 bits per heavy atom. The topological polar surface area (TPSA) is 52.6 Å². The molecule has 0 unspecified atom stereocenters. The van der Waals surface area contributed by atoms with E-state index in [4.69, 9.17) is 5.11 Å². The van der Waals surface area contributed by atoms with Gasteiger partial charge in [0.2, 0.25) is 5.91 Å². The fourth-order valence-electron chi connectivity index (χ4n) is 1.19. The van der Waals surface area contributed by atoms with Gasteiger partial charge in [0.15, 0.2) is 0 Å². The zero-order valence-electron chi connectivity index (χ0n) is 9.42. The van der Waals surface area contributed by atoms with Crippen molar-refractivity contribution in [3.8, 4) is 0 Å². The van der Waals surface area contributed by atoms with Crippen LogP contribution in [0, 0.1) is 0 Å². The third-order valence-electron chi connectivity index (χ3n) is 1.81. The van der Waals surface area contributed by atoms with E-state index in [1.165, 1.54) is 0 Å². The molecule has 0 fully saturated rings. The number of hydrogen-bond acceptors (Lipinski definition) is 3. The van der Waals surface area contributed by atoms with Crippen molar-refractivity contribution in [3.05, 3.63) is 0 Å². The number of aliphatic hydroxyl groups excluding tert-OH is 1. The van der Waals surface area contributed by atoms with Gasteiger partial charge in [0.25, 0.3) is 0 Å². The largest absolute Gasteiger partial charge is 0.396 e. The van der Waals surface area contributed by atoms with Gasteiger partial charge in [-0.3, -0.25) is 9.69 Å². The molecule has 0 rings (SSSR count). The van der Waals surface area contributed by atoms with Crippen LogP contribution >= 0.6 is 0 Å². The smallest absolute Gasteiger partial charge is 0.234 e. The highest BCUT2D eigenvalue weighted by Gasteiger charge is 2.06. The summed E-state index contributed by atoms with van der Waals surface area (Å²) >= 11 is 0. The Balaban J connectivity index is 3.50. The zero-order valence-corrected chi connectivity index (χ0v) is 9.42. The molecule has 1 amide bonds. The average molecular weight is 202 g/mol. The summed E-state index contributed by atoms with van der Waals surface area (Å²) in [6.45, 7) is 5.41. The molecule has 0 saturated carbocycles. The predicted molar refractivity (Wildman–Crippen MR) is 57.1 cm³/mol. The summed E-state index contributed by atoms with van der Waals surface area (Å²) in [5.74, 6) is 0.0616. The second kappa shape index (κ2) is 7.76. The lowest BCUT2D eigenvalue weighted by molar-refractivity contribution is -0.122. The zero-order chi connectivity index (χ0) is 11.0. The van der Waals surface area contributed by atoms with Crippen LogP contribution in [-0.2, 0) is 4.79 Å². The van der Waals surface area contributed by atoms with E-state index in [0.29, 0.717) is 6.54 Å². The molecule has 0 atom stereocenters. The van der Waals surface area contributed by atoms with Crippen LogP contribution in [0.1, 0.15) is 26.7 Å². The van der Waals surface area contributed by atoms with E-state index in [0.717, 1.165) is 19.4 Å². The van der Waals surface area contributed by atoms with E-state index in [9.17, 15) is 4.79 Å². The summed E-state index contributed by atoms with van der Waals surface area (Å²) < 4.78 is 0. The Kier molecular flexibility index (Phi) is 7.42. The van der Waals surface area contributed by atoms with E-state index in [-0.39, 0.29) is 18.6 Å². The fourth-order valence-corrected chi connectivity index (χ4v) is 1.19. The van der Waals surface area contributed by atoms with E-state index in [2.05, 4.69) is 5.32 Å². The van der Waals surface area contributed by atoms with Gasteiger partial charge >= 0.3 is 0 Å². The van der Waals surface area contributed by atoms with Gasteiger partial charge < -0.3 is 10.4 Å². The molecular formula is C10H22N2O2. The Hall–Kier alpha value is -0.610. The molecule has 0 aliphatic carbocycles. The van der Waals surface area contributed by atoms with Crippen LogP contribution in [0.4, 0.5) is 0 Å². The van der Waals surface area contributed by atoms with Crippen LogP contribution in [0.25, 0.3) is 0 Å². The van der Waals surface area contributed by atoms with Crippen LogP contribution in [-0.4, -0.2) is 48.7 Å². The molecule has 4 nitrogen and oxygen atoms in total. The molecule has 0 aromatic heterocycles. The summed E-state index contributed by atoms with van der Waals surface area (Å²) in [7, 11) is 1.91. The van der Waals surface area contributed by atoms with Crippen LogP contribution < -0.4 is 5.32 Å². The second-order valence-electron chi connectivity index (χ2n) is 3.89. The number of carbonyl (C=O) groups is 1. The van der Waals surface area contributed by atoms with Crippen LogP contribution in [0.3, 0.4) is 0 Å². The highest BCUT2D eigenvalue weighted by Crippen LogP contribution is 1.91. The number of rotatable bonds is 7. The van der Waals surface area contributed by atoms with Gasteiger partial charge in [0.05, 0.1) is 6.54 Å². The van der Waals surface area contributed by atoms with E-state index in [1.807, 2.05) is 25.8 Å². The first kappa shape index (κ1) is 13.4. The molecule has 0 aliphatic heterocycles. The molecule has 0 saturated heterocycles. The summed E-state index contributed by atoms with van der Waals surface area (Å²) in [6, 6.07) is 0.202. The van der Waals surface area contributed by atoms with E-state index >= 15 is 0 Å². The van der Waals surface area contributed by atoms with Gasteiger partial charge in [-0.1, -0.05) is 0 Å². The standard InChI is InChI=1S/C10H22N2O2/c1-9(2)11-10(14)8-12(3)6-4-5-7-13/h9,13H,4-8H2,1-3H3,(H,11,14). The molecule has 0 aliphatic rings. The number of amides is 1. The summed E-state index contributed by atoms with van der Waals surface area (Å²) in [5, 5.41) is 11.4. The van der Waals surface area contributed by atoms with Crippen molar-refractivity contribution < 1.29 is 9.90 Å². The Morgan fingerprint density at radius 1 is 1.43 bits per heavy atom. The van der Waals surface area contributed by atoms with Gasteiger partial charge in [-0.2, -0.15) is 0 Å². The van der Waals surface area contributed by atoms with Gasteiger partial charge in [-0.05, 0) is 40.3 Å². The van der Waals surface area contributed by atoms with E-state index < -0.39 is 0 Å². The summed E-state index contributed by atoms with van der Waals surface area (Å²) in [5.41, 5.74) is 0. The number of hydrogen-bond donors (Lipinski definition) is 2. The van der Waals surface area contributed by atoms with Gasteiger partial charge in [-0.25, -0.2) is 0 Å². The molecule has 2 N–H and O–H groups in total. The van der Waals surface area contributed by atoms with Crippen LogP contribution in [0.5, 0.6) is 0 Å². The maximum absolute atomic E-state index is 11.3. The van der Waals surface area contributed by atoms with Crippen molar-refractivity contribution in [2.45, 2.75) is 32.7 Å². The maximum Gasteiger partial charge on any atom is 0.234 e. The maximum atomic E-state index is 11.3. The van der Waals surface area contributed by atoms with Crippen molar-refractivity contribution >= 4 is 5.91 Å². The minimum Gasteiger partial charge on any atom is -0.396 e. The van der Waals surface area contributed by atoms with Crippen molar-refractivity contribution in [2.24, 2.45) is 0 Å². The van der Waals surface area contributed by atoms with Crippen molar-refractivity contribution in [2.75, 3.05) is 26.7 Å². The molecule has 0 radical (unpaired) electrons. The molecule has 14 heavy (non-hydrogen) atoms. The quantitative estimate of drug-likeness (QED) is 0.580. The first-order valence-corrected chi connectivity index (χ1v) is 5.15. The third-order valence-corrected chi connectivity index (χ3v) is 1.81. The minimum absolute atomic E-state index is 0.0616. The minimum atomic E-state index is 0.0616. The Bertz CT molecular complexity index is 160. The molecule has 0 spiro atoms. The lowest BCUT2D eigenvalue weighted by Crippen LogP contribution is -2.38. The molecule has 0 heterocycles. The van der Waals surface area contributed by atoms with Gasteiger partial charge in [0, 0.05) is 12.6 Å². The highest BCUT2D eigenvalue weighted by molar-refractivity contribution is 5.78. The van der Waals surface area contributed by atoms with Crippen molar-refractivity contribution in [1.29, 1.82) is 0 Å². The first-order valence-electron chi connectivity index (χ1n) is 5.15. The second-order valence-corrected chi connectivity index (χ2v) is 3.89. The van der Waals surface area contributed by atoms with Gasteiger partial charge in [-0.15, -0.1) is 0 Å². The van der Waals surface area contributed by atoms with Gasteiger partial charge in [0.1, 0.15) is 0 Å². The Labute approximate surface area is 86.3 Å². The highest BCUT2D eigenvalue weighted by atomic mass is 16.2. The number of aliphatic hydroxyl groups is 1. The van der Waals surface area contributed by atoms with Crippen LogP contribution in [0.2, 0.25) is 0 Å². The SMILES string of the molecule is CC(C)NC(=O)CN(C)CCCCO. The molecule has 0 bridgehead atoms. The number of nitrogens with one attached hydrogen (secondary N) is 1. The first-order chi connectivity index (χ1) is 6.56. The summed E-state index contributed by atoms with van der Waals surface area (Å²) in [6.07, 6.45) is 1.73. The summed E-state index contributed by atoms with van der Waals surface area (Å²) in [4.78, 5) is 13.3. The lowest BCUT2D eigenvalue weighted by Gasteiger charge is -2.16. The lowest BCUT2D eigenvalue weighted by atomic mass is 10.3. The average Bonchev–Trinajstić information content (AvgIpc) is 2.02. The number of likely N-dealkylation sites (N-methyl/N-ethyl adjacent to an activating group) is 1. The molecule has 0 aromatic carbocycles. The molecular weight excluding hydrogens is 180 g/mol. The van der Waals surface area contributed by atoms with Crippen molar-refractivity contribution in [1.82, 2.24) is 10.2 Å². The number of nitrogens with zero attached hydrogens (tertiary/aromatic N) is 1. The van der Waals surface area contributed by atoms with Crippen LogP contribution in [0.15, 0.2) is 0 Å². The van der Waals surface area contributed by atoms with E-state index in [1.54, 1.807) is 0 Å². The number of carbonyl (C=O) groups excluding carboxylic acids is 1. The monoisotopic (exact) mass is 202 g/mol. The molecule has 0 aromatic rings. The molecule has 84 valence electrons. The predicted octanol–water partition coefficient (Wildman–Crippen LogP) is 0.215.